The third kappa shape index (κ3) is 4.39. The van der Waals surface area contributed by atoms with Crippen LogP contribution in [0.25, 0.3) is 11.3 Å². The van der Waals surface area contributed by atoms with Gasteiger partial charge in [0, 0.05) is 23.2 Å². The number of nitrogens with one attached hydrogen (secondary N) is 2. The standard InChI is InChI=1S/C17H20N4OS/c1-2-7-22-15-5-3-4-13(9-15)16-11-19-17(21-16)23-8-6-14-10-18-12-20-14/h3-5,9-12H,2,6-8H2,1H3,(H,18,20)(H,19,21). The Morgan fingerprint density at radius 3 is 3.04 bits per heavy atom. The summed E-state index contributed by atoms with van der Waals surface area (Å²) in [6.45, 7) is 2.84. The lowest BCUT2D eigenvalue weighted by Gasteiger charge is -2.05. The number of imidazole rings is 2. The number of aromatic nitrogens is 4. The van der Waals surface area contributed by atoms with Gasteiger partial charge in [0.1, 0.15) is 5.75 Å². The number of hydrogen-bond acceptors (Lipinski definition) is 4. The van der Waals surface area contributed by atoms with Crippen LogP contribution in [0.15, 0.2) is 48.1 Å². The molecule has 0 aliphatic heterocycles. The molecule has 2 heterocycles. The smallest absolute Gasteiger partial charge is 0.165 e. The van der Waals surface area contributed by atoms with Crippen LogP contribution in [0.3, 0.4) is 0 Å². The van der Waals surface area contributed by atoms with Gasteiger partial charge >= 0.3 is 0 Å². The van der Waals surface area contributed by atoms with E-state index in [1.54, 1.807) is 18.1 Å². The maximum atomic E-state index is 5.68. The molecule has 5 nitrogen and oxygen atoms in total. The van der Waals surface area contributed by atoms with Crippen molar-refractivity contribution in [2.75, 3.05) is 12.4 Å². The van der Waals surface area contributed by atoms with Crippen LogP contribution in [0.1, 0.15) is 19.0 Å². The molecule has 0 bridgehead atoms. The molecule has 0 saturated heterocycles. The fourth-order valence-electron chi connectivity index (χ4n) is 2.18. The van der Waals surface area contributed by atoms with Gasteiger partial charge in [-0.15, -0.1) is 0 Å². The molecule has 3 rings (SSSR count). The van der Waals surface area contributed by atoms with E-state index >= 15 is 0 Å². The fraction of sp³-hybridized carbons (Fsp3) is 0.294. The van der Waals surface area contributed by atoms with Crippen LogP contribution < -0.4 is 4.74 Å². The highest BCUT2D eigenvalue weighted by Crippen LogP contribution is 2.25. The summed E-state index contributed by atoms with van der Waals surface area (Å²) >= 11 is 1.71. The molecular formula is C17H20N4OS. The summed E-state index contributed by atoms with van der Waals surface area (Å²) in [6, 6.07) is 8.09. The molecule has 2 N–H and O–H groups in total. The summed E-state index contributed by atoms with van der Waals surface area (Å²) in [6.07, 6.45) is 7.39. The predicted octanol–water partition coefficient (Wildman–Crippen LogP) is 3.92. The number of aryl methyl sites for hydroxylation is 1. The van der Waals surface area contributed by atoms with Crippen molar-refractivity contribution in [2.24, 2.45) is 0 Å². The van der Waals surface area contributed by atoms with E-state index in [2.05, 4.69) is 32.9 Å². The van der Waals surface area contributed by atoms with Gasteiger partial charge in [0.25, 0.3) is 0 Å². The number of hydrogen-bond donors (Lipinski definition) is 2. The van der Waals surface area contributed by atoms with E-state index in [0.29, 0.717) is 0 Å². The zero-order valence-corrected chi connectivity index (χ0v) is 13.9. The highest BCUT2D eigenvalue weighted by Gasteiger charge is 2.05. The van der Waals surface area contributed by atoms with E-state index in [-0.39, 0.29) is 0 Å². The molecule has 0 aliphatic carbocycles. The van der Waals surface area contributed by atoms with E-state index in [1.807, 2.05) is 30.6 Å². The molecule has 0 fully saturated rings. The Morgan fingerprint density at radius 1 is 1.26 bits per heavy atom. The van der Waals surface area contributed by atoms with Crippen LogP contribution in [0.4, 0.5) is 0 Å². The van der Waals surface area contributed by atoms with E-state index in [9.17, 15) is 0 Å². The van der Waals surface area contributed by atoms with Gasteiger partial charge in [-0.25, -0.2) is 9.97 Å². The molecule has 120 valence electrons. The van der Waals surface area contributed by atoms with Gasteiger partial charge < -0.3 is 14.7 Å². The van der Waals surface area contributed by atoms with Crippen LogP contribution in [0, 0.1) is 0 Å². The Hall–Kier alpha value is -2.21. The number of ether oxygens (including phenoxy) is 1. The van der Waals surface area contributed by atoms with Crippen molar-refractivity contribution in [3.63, 3.8) is 0 Å². The zero-order valence-electron chi connectivity index (χ0n) is 13.1. The zero-order chi connectivity index (χ0) is 15.9. The van der Waals surface area contributed by atoms with Crippen LogP contribution in [0.2, 0.25) is 0 Å². The van der Waals surface area contributed by atoms with Crippen molar-refractivity contribution in [3.8, 4) is 17.0 Å². The molecular weight excluding hydrogens is 308 g/mol. The van der Waals surface area contributed by atoms with Gasteiger partial charge in [-0.05, 0) is 25.0 Å². The molecule has 0 amide bonds. The van der Waals surface area contributed by atoms with Crippen LogP contribution in [-0.4, -0.2) is 32.3 Å². The molecule has 1 aromatic carbocycles. The second kappa shape index (κ2) is 7.87. The van der Waals surface area contributed by atoms with Crippen LogP contribution in [-0.2, 0) is 6.42 Å². The lowest BCUT2D eigenvalue weighted by molar-refractivity contribution is 0.317. The summed E-state index contributed by atoms with van der Waals surface area (Å²) in [5, 5.41) is 0.930. The summed E-state index contributed by atoms with van der Waals surface area (Å²) in [5.74, 6) is 1.85. The summed E-state index contributed by atoms with van der Waals surface area (Å²) in [5.41, 5.74) is 3.24. The number of benzene rings is 1. The Morgan fingerprint density at radius 2 is 2.22 bits per heavy atom. The van der Waals surface area contributed by atoms with Gasteiger partial charge in [0.05, 0.1) is 24.8 Å². The lowest BCUT2D eigenvalue weighted by atomic mass is 10.1. The van der Waals surface area contributed by atoms with Gasteiger partial charge in [-0.2, -0.15) is 0 Å². The summed E-state index contributed by atoms with van der Waals surface area (Å²) < 4.78 is 5.68. The highest BCUT2D eigenvalue weighted by molar-refractivity contribution is 7.99. The van der Waals surface area contributed by atoms with E-state index < -0.39 is 0 Å². The van der Waals surface area contributed by atoms with E-state index in [4.69, 9.17) is 4.74 Å². The molecule has 0 spiro atoms. The predicted molar refractivity (Wildman–Crippen MR) is 92.8 cm³/mol. The van der Waals surface area contributed by atoms with Crippen LogP contribution >= 0.6 is 11.8 Å². The minimum atomic E-state index is 0.737. The lowest BCUT2D eigenvalue weighted by Crippen LogP contribution is -1.94. The van der Waals surface area contributed by atoms with E-state index in [0.717, 1.165) is 53.1 Å². The van der Waals surface area contributed by atoms with Gasteiger partial charge in [0.2, 0.25) is 0 Å². The Kier molecular flexibility index (Phi) is 5.37. The van der Waals surface area contributed by atoms with Crippen molar-refractivity contribution in [1.82, 2.24) is 19.9 Å². The van der Waals surface area contributed by atoms with Gasteiger partial charge in [-0.1, -0.05) is 30.8 Å². The quantitative estimate of drug-likeness (QED) is 0.615. The molecule has 2 aromatic heterocycles. The second-order valence-electron chi connectivity index (χ2n) is 5.15. The number of aromatic amines is 2. The average molecular weight is 328 g/mol. The summed E-state index contributed by atoms with van der Waals surface area (Å²) in [7, 11) is 0. The largest absolute Gasteiger partial charge is 0.494 e. The van der Waals surface area contributed by atoms with Crippen molar-refractivity contribution in [2.45, 2.75) is 24.9 Å². The molecule has 0 atom stereocenters. The first-order chi connectivity index (χ1) is 11.3. The maximum Gasteiger partial charge on any atom is 0.165 e. The monoisotopic (exact) mass is 328 g/mol. The second-order valence-corrected chi connectivity index (χ2v) is 6.24. The first-order valence-electron chi connectivity index (χ1n) is 7.73. The van der Waals surface area contributed by atoms with Gasteiger partial charge in [-0.3, -0.25) is 0 Å². The normalized spacial score (nSPS) is 10.8. The molecule has 0 saturated carbocycles. The fourth-order valence-corrected chi connectivity index (χ4v) is 3.00. The topological polar surface area (TPSA) is 66.6 Å². The first-order valence-corrected chi connectivity index (χ1v) is 8.72. The SMILES string of the molecule is CCCOc1cccc(-c2cnc(SCCc3cnc[nH]3)[nH]2)c1. The third-order valence-electron chi connectivity index (χ3n) is 3.34. The highest BCUT2D eigenvalue weighted by atomic mass is 32.2. The van der Waals surface area contributed by atoms with Crippen molar-refractivity contribution < 1.29 is 4.74 Å². The Balaban J connectivity index is 1.60. The minimum Gasteiger partial charge on any atom is -0.494 e. The molecule has 0 radical (unpaired) electrons. The minimum absolute atomic E-state index is 0.737. The maximum absolute atomic E-state index is 5.68. The Labute approximate surface area is 139 Å². The third-order valence-corrected chi connectivity index (χ3v) is 4.22. The molecule has 0 aliphatic rings. The van der Waals surface area contributed by atoms with E-state index in [1.165, 1.54) is 0 Å². The number of rotatable bonds is 8. The van der Waals surface area contributed by atoms with Crippen molar-refractivity contribution in [1.29, 1.82) is 0 Å². The first kappa shape index (κ1) is 15.7. The number of thioether (sulfide) groups is 1. The number of nitrogens with zero attached hydrogens (tertiary/aromatic N) is 2. The van der Waals surface area contributed by atoms with Crippen molar-refractivity contribution in [3.05, 3.63) is 48.7 Å². The Bertz CT molecular complexity index is 724. The van der Waals surface area contributed by atoms with Crippen LogP contribution in [0.5, 0.6) is 5.75 Å². The molecule has 0 unspecified atom stereocenters. The van der Waals surface area contributed by atoms with Crippen molar-refractivity contribution >= 4 is 11.8 Å². The molecule has 23 heavy (non-hydrogen) atoms. The molecule has 3 aromatic rings. The van der Waals surface area contributed by atoms with Gasteiger partial charge in [0.15, 0.2) is 5.16 Å². The molecule has 6 heteroatoms. The summed E-state index contributed by atoms with van der Waals surface area (Å²) in [4.78, 5) is 14.9. The number of H-pyrrole nitrogens is 2. The average Bonchev–Trinajstić information content (AvgIpc) is 3.25.